The van der Waals surface area contributed by atoms with E-state index in [4.69, 9.17) is 9.97 Å². The third-order valence-corrected chi connectivity index (χ3v) is 9.66. The molecule has 6 rings (SSSR count). The van der Waals surface area contributed by atoms with Gasteiger partial charge in [0.25, 0.3) is 0 Å². The van der Waals surface area contributed by atoms with Crippen molar-refractivity contribution in [3.05, 3.63) is 36.0 Å². The Bertz CT molecular complexity index is 1410. The monoisotopic (exact) mass is 610 g/mol. The average molecular weight is 611 g/mol. The maximum absolute atomic E-state index is 14.6. The smallest absolute Gasteiger partial charge is 0.224 e. The summed E-state index contributed by atoms with van der Waals surface area (Å²) in [5.74, 6) is 0.0446. The molecule has 44 heavy (non-hydrogen) atoms. The first kappa shape index (κ1) is 30.6. The van der Waals surface area contributed by atoms with Crippen LogP contribution in [-0.2, 0) is 4.79 Å². The number of carbonyl (C=O) groups is 1. The van der Waals surface area contributed by atoms with Gasteiger partial charge in [0, 0.05) is 43.8 Å². The first-order valence-electron chi connectivity index (χ1n) is 16.3. The zero-order chi connectivity index (χ0) is 30.5. The number of imidazole rings is 1. The molecule has 0 radical (unpaired) electrons. The van der Waals surface area contributed by atoms with Crippen molar-refractivity contribution in [1.29, 1.82) is 0 Å². The number of aromatic nitrogens is 4. The van der Waals surface area contributed by atoms with Crippen LogP contribution in [-0.4, -0.2) is 74.3 Å². The average Bonchev–Trinajstić information content (AvgIpc) is 3.40. The molecule has 2 saturated carbocycles. The predicted molar refractivity (Wildman–Crippen MR) is 166 cm³/mol. The molecule has 1 aliphatic heterocycles. The van der Waals surface area contributed by atoms with E-state index in [-0.39, 0.29) is 42.1 Å². The van der Waals surface area contributed by atoms with E-state index in [0.717, 1.165) is 77.1 Å². The molecule has 0 atom stereocenters. The van der Waals surface area contributed by atoms with Crippen LogP contribution in [0, 0.1) is 23.5 Å². The van der Waals surface area contributed by atoms with Crippen molar-refractivity contribution >= 4 is 34.7 Å². The fourth-order valence-electron chi connectivity index (χ4n) is 7.04. The lowest BCUT2D eigenvalue weighted by atomic mass is 9.85. The topological polar surface area (TPSA) is 120 Å². The van der Waals surface area contributed by atoms with Gasteiger partial charge in [-0.05, 0) is 95.3 Å². The van der Waals surface area contributed by atoms with E-state index in [1.807, 2.05) is 4.57 Å². The lowest BCUT2D eigenvalue weighted by Gasteiger charge is -2.30. The molecule has 10 nitrogen and oxygen atoms in total. The van der Waals surface area contributed by atoms with Crippen LogP contribution in [0.3, 0.4) is 0 Å². The summed E-state index contributed by atoms with van der Waals surface area (Å²) in [6, 6.07) is 3.63. The number of hydrogen-bond acceptors (Lipinski definition) is 8. The lowest BCUT2D eigenvalue weighted by Crippen LogP contribution is -2.41. The van der Waals surface area contributed by atoms with Crippen molar-refractivity contribution < 1.29 is 18.7 Å². The van der Waals surface area contributed by atoms with Gasteiger partial charge >= 0.3 is 0 Å². The molecule has 3 aliphatic rings. The maximum atomic E-state index is 14.6. The van der Waals surface area contributed by atoms with Gasteiger partial charge in [-0.15, -0.1) is 0 Å². The molecule has 0 bridgehead atoms. The molecule has 4 N–H and O–H groups in total. The van der Waals surface area contributed by atoms with E-state index in [1.54, 1.807) is 6.20 Å². The number of rotatable bonds is 10. The maximum Gasteiger partial charge on any atom is 0.224 e. The fraction of sp³-hybridized carbons (Fsp3) is 0.625. The van der Waals surface area contributed by atoms with Crippen LogP contribution in [0.25, 0.3) is 11.2 Å². The van der Waals surface area contributed by atoms with Gasteiger partial charge in [0.1, 0.15) is 17.2 Å². The number of fused-ring (bicyclic) bond motifs is 1. The van der Waals surface area contributed by atoms with Crippen LogP contribution < -0.4 is 16.0 Å². The van der Waals surface area contributed by atoms with Crippen molar-refractivity contribution in [3.8, 4) is 0 Å². The minimum absolute atomic E-state index is 0.0359. The van der Waals surface area contributed by atoms with Crippen LogP contribution in [0.1, 0.15) is 76.7 Å². The number of aliphatic hydroxyl groups is 1. The van der Waals surface area contributed by atoms with Crippen molar-refractivity contribution in [3.63, 3.8) is 0 Å². The highest BCUT2D eigenvalue weighted by molar-refractivity contribution is 5.79. The molecule has 0 spiro atoms. The Morgan fingerprint density at radius 2 is 1.75 bits per heavy atom. The molecule has 12 heteroatoms. The quantitative estimate of drug-likeness (QED) is 0.249. The molecule has 2 aromatic heterocycles. The summed E-state index contributed by atoms with van der Waals surface area (Å²) >= 11 is 0. The Balaban J connectivity index is 1.11. The van der Waals surface area contributed by atoms with Crippen LogP contribution in [0.15, 0.2) is 24.4 Å². The van der Waals surface area contributed by atoms with E-state index in [2.05, 4.69) is 25.8 Å². The van der Waals surface area contributed by atoms with Crippen LogP contribution in [0.5, 0.6) is 0 Å². The number of hydrogen-bond donors (Lipinski definition) is 4. The van der Waals surface area contributed by atoms with Gasteiger partial charge in [-0.3, -0.25) is 9.36 Å². The van der Waals surface area contributed by atoms with Gasteiger partial charge in [0.15, 0.2) is 5.65 Å². The van der Waals surface area contributed by atoms with E-state index in [9.17, 15) is 18.7 Å². The van der Waals surface area contributed by atoms with Gasteiger partial charge in [-0.25, -0.2) is 18.7 Å². The minimum atomic E-state index is -0.702. The molecular weight excluding hydrogens is 566 g/mol. The Morgan fingerprint density at radius 3 is 2.48 bits per heavy atom. The number of benzene rings is 1. The van der Waals surface area contributed by atoms with Crippen LogP contribution in [0.2, 0.25) is 0 Å². The first-order valence-corrected chi connectivity index (χ1v) is 16.3. The van der Waals surface area contributed by atoms with Crippen LogP contribution >= 0.6 is 0 Å². The molecule has 3 fully saturated rings. The Kier molecular flexibility index (Phi) is 9.85. The number of likely N-dealkylation sites (tertiary alicyclic amines) is 1. The highest BCUT2D eigenvalue weighted by atomic mass is 19.1. The lowest BCUT2D eigenvalue weighted by molar-refractivity contribution is -0.126. The molecule has 2 aliphatic carbocycles. The van der Waals surface area contributed by atoms with E-state index >= 15 is 0 Å². The normalized spacial score (nSPS) is 24.7. The predicted octanol–water partition coefficient (Wildman–Crippen LogP) is 5.14. The van der Waals surface area contributed by atoms with Crippen molar-refractivity contribution in [2.45, 2.75) is 82.7 Å². The fourth-order valence-corrected chi connectivity index (χ4v) is 7.04. The minimum Gasteiger partial charge on any atom is -0.396 e. The van der Waals surface area contributed by atoms with E-state index in [0.29, 0.717) is 29.6 Å². The summed E-state index contributed by atoms with van der Waals surface area (Å²) in [5.41, 5.74) is 1.35. The zero-order valence-electron chi connectivity index (χ0n) is 25.3. The summed E-state index contributed by atoms with van der Waals surface area (Å²) in [6.45, 7) is 4.08. The Morgan fingerprint density at radius 1 is 0.977 bits per heavy atom. The SMILES string of the molecule is O=C(NCCN1CCCCC1)C1CCC(Nc2ncc3nc(Nc4ccc(F)cc4F)n(C4CCC(CO)CC4)c3n2)CC1. The number of nitrogens with zero attached hydrogens (tertiary/aromatic N) is 5. The standard InChI is InChI=1S/C32H44F2N8O2/c33-23-8-13-27(26(34)18-23)38-32-39-28-19-36-31(40-29(28)42(32)25-11-4-21(20-43)5-12-25)37-24-9-6-22(7-10-24)30(44)35-14-17-41-15-2-1-3-16-41/h8,13,18-19,21-22,24-25,43H,1-7,9-12,14-17,20H2,(H,35,44)(H,38,39)(H,36,37,40). The number of anilines is 3. The summed E-state index contributed by atoms with van der Waals surface area (Å²) in [4.78, 5) is 29.3. The van der Waals surface area contributed by atoms with Gasteiger partial charge in [-0.1, -0.05) is 6.42 Å². The molecule has 0 unspecified atom stereocenters. The van der Waals surface area contributed by atoms with Crippen molar-refractivity contribution in [1.82, 2.24) is 29.7 Å². The first-order chi connectivity index (χ1) is 21.5. The highest BCUT2D eigenvalue weighted by Crippen LogP contribution is 2.37. The second-order valence-electron chi connectivity index (χ2n) is 12.7. The van der Waals surface area contributed by atoms with E-state index < -0.39 is 11.6 Å². The summed E-state index contributed by atoms with van der Waals surface area (Å²) in [7, 11) is 0. The van der Waals surface area contributed by atoms with Gasteiger partial charge in [0.05, 0.1) is 11.9 Å². The van der Waals surface area contributed by atoms with Gasteiger partial charge < -0.3 is 26.0 Å². The Hall–Kier alpha value is -3.38. The van der Waals surface area contributed by atoms with Crippen molar-refractivity contribution in [2.24, 2.45) is 11.8 Å². The summed E-state index contributed by atoms with van der Waals surface area (Å²) < 4.78 is 30.1. The van der Waals surface area contributed by atoms with Crippen molar-refractivity contribution in [2.75, 3.05) is 43.4 Å². The largest absolute Gasteiger partial charge is 0.396 e. The van der Waals surface area contributed by atoms with Gasteiger partial charge in [-0.2, -0.15) is 4.98 Å². The van der Waals surface area contributed by atoms with Crippen LogP contribution in [0.4, 0.5) is 26.4 Å². The molecule has 238 valence electrons. The molecule has 1 amide bonds. The second kappa shape index (κ2) is 14.2. The molecule has 1 saturated heterocycles. The van der Waals surface area contributed by atoms with Gasteiger partial charge in [0.2, 0.25) is 17.8 Å². The number of halogens is 2. The number of carbonyl (C=O) groups excluding carboxylic acids is 1. The summed E-state index contributed by atoms with van der Waals surface area (Å²) in [6.07, 6.45) is 12.2. The molecule has 1 aromatic carbocycles. The third kappa shape index (κ3) is 7.28. The molecule has 3 heterocycles. The second-order valence-corrected chi connectivity index (χ2v) is 12.7. The molecule has 3 aromatic rings. The number of aliphatic hydroxyl groups excluding tert-OH is 1. The number of nitrogens with one attached hydrogen (secondary N) is 3. The third-order valence-electron chi connectivity index (χ3n) is 9.66. The Labute approximate surface area is 257 Å². The number of amides is 1. The number of piperidine rings is 1. The highest BCUT2D eigenvalue weighted by Gasteiger charge is 2.29. The van der Waals surface area contributed by atoms with E-state index in [1.165, 1.54) is 31.4 Å². The molecular formula is C32H44F2N8O2. The zero-order valence-corrected chi connectivity index (χ0v) is 25.3. The summed E-state index contributed by atoms with van der Waals surface area (Å²) in [5, 5.41) is 19.4.